The monoisotopic (exact) mass is 486 g/mol. The molecule has 1 aliphatic rings. The summed E-state index contributed by atoms with van der Waals surface area (Å²) in [6.07, 6.45) is 4.53. The molecule has 1 fully saturated rings. The van der Waals surface area contributed by atoms with Crippen LogP contribution in [0.1, 0.15) is 25.6 Å². The lowest BCUT2D eigenvalue weighted by molar-refractivity contribution is -0.149. The van der Waals surface area contributed by atoms with Crippen LogP contribution in [0.2, 0.25) is 0 Å². The number of nitrogens with zero attached hydrogens (tertiary/aromatic N) is 5. The molecule has 1 N–H and O–H groups in total. The zero-order valence-electron chi connectivity index (χ0n) is 15.8. The lowest BCUT2D eigenvalue weighted by Crippen LogP contribution is -2.48. The number of carbonyl (C=O) groups excluding carboxylic acids is 1. The number of likely N-dealkylation sites (tertiary alicyclic amines) is 1. The molecule has 0 bridgehead atoms. The van der Waals surface area contributed by atoms with E-state index < -0.39 is 0 Å². The van der Waals surface area contributed by atoms with Gasteiger partial charge in [-0.15, -0.1) is 34.2 Å². The van der Waals surface area contributed by atoms with Crippen molar-refractivity contribution in [1.82, 2.24) is 24.8 Å². The number of pyridine rings is 1. The number of fused-ring (bicyclic) bond motifs is 1. The van der Waals surface area contributed by atoms with E-state index in [1.165, 1.54) is 0 Å². The first-order valence-electron chi connectivity index (χ1n) is 9.13. The van der Waals surface area contributed by atoms with Gasteiger partial charge >= 0.3 is 5.97 Å². The predicted octanol–water partition coefficient (Wildman–Crippen LogP) is 1.74. The van der Waals surface area contributed by atoms with Crippen LogP contribution in [0.4, 0.5) is 0 Å². The fraction of sp³-hybridized carbons (Fsp3) is 0.556. The lowest BCUT2D eigenvalue weighted by atomic mass is 9.98. The van der Waals surface area contributed by atoms with Gasteiger partial charge in [-0.25, -0.2) is 0 Å². The summed E-state index contributed by atoms with van der Waals surface area (Å²) in [6.45, 7) is 4.50. The first-order valence-corrected chi connectivity index (χ1v) is 9.13. The highest BCUT2D eigenvalue weighted by Crippen LogP contribution is 2.18. The Kier molecular flexibility index (Phi) is 8.26. The van der Waals surface area contributed by atoms with E-state index in [2.05, 4.69) is 25.4 Å². The summed E-state index contributed by atoms with van der Waals surface area (Å²) in [5, 5.41) is 11.8. The fourth-order valence-electron chi connectivity index (χ4n) is 3.30. The number of aliphatic imine (C=N–C) groups is 1. The van der Waals surface area contributed by atoms with Crippen molar-refractivity contribution in [3.63, 3.8) is 0 Å². The number of aromatic nitrogens is 3. The zero-order valence-corrected chi connectivity index (χ0v) is 18.1. The summed E-state index contributed by atoms with van der Waals surface area (Å²) in [4.78, 5) is 18.5. The van der Waals surface area contributed by atoms with Crippen molar-refractivity contribution in [2.45, 2.75) is 26.2 Å². The zero-order chi connectivity index (χ0) is 18.4. The topological polar surface area (TPSA) is 84.1 Å². The molecule has 0 aliphatic carbocycles. The van der Waals surface area contributed by atoms with E-state index in [4.69, 9.17) is 4.74 Å². The molecule has 1 unspecified atom stereocenters. The molecule has 3 rings (SSSR count). The number of carbonyl (C=O) groups is 1. The number of hydrogen-bond donors (Lipinski definition) is 1. The molecular weight excluding hydrogens is 459 g/mol. The second kappa shape index (κ2) is 10.4. The van der Waals surface area contributed by atoms with Crippen LogP contribution in [-0.2, 0) is 16.0 Å². The molecule has 1 aliphatic heterocycles. The number of hydrogen-bond acceptors (Lipinski definition) is 5. The fourth-order valence-corrected chi connectivity index (χ4v) is 3.30. The molecule has 1 atom stereocenters. The van der Waals surface area contributed by atoms with Crippen LogP contribution < -0.4 is 5.32 Å². The predicted molar refractivity (Wildman–Crippen MR) is 114 cm³/mol. The number of esters is 1. The third-order valence-electron chi connectivity index (χ3n) is 4.57. The molecule has 2 aromatic rings. The average Bonchev–Trinajstić information content (AvgIpc) is 3.09. The van der Waals surface area contributed by atoms with Crippen molar-refractivity contribution in [1.29, 1.82) is 0 Å². The Morgan fingerprint density at radius 1 is 1.41 bits per heavy atom. The average molecular weight is 486 g/mol. The minimum absolute atomic E-state index is 0. The smallest absolute Gasteiger partial charge is 0.310 e. The maximum atomic E-state index is 12.0. The molecule has 1 saturated heterocycles. The first-order chi connectivity index (χ1) is 12.7. The summed E-state index contributed by atoms with van der Waals surface area (Å²) in [5.41, 5.74) is 0.847. The molecule has 2 aromatic heterocycles. The van der Waals surface area contributed by atoms with Crippen LogP contribution >= 0.6 is 24.0 Å². The second-order valence-electron chi connectivity index (χ2n) is 6.31. The van der Waals surface area contributed by atoms with Crippen LogP contribution in [0, 0.1) is 5.92 Å². The molecule has 0 aromatic carbocycles. The highest BCUT2D eigenvalue weighted by Gasteiger charge is 2.28. The number of ether oxygens (including phenoxy) is 1. The molecule has 0 amide bonds. The molecule has 3 heterocycles. The van der Waals surface area contributed by atoms with Crippen LogP contribution in [0.5, 0.6) is 0 Å². The summed E-state index contributed by atoms with van der Waals surface area (Å²) in [7, 11) is 1.77. The minimum Gasteiger partial charge on any atom is -0.466 e. The SMILES string of the molecule is CCOC(=O)C1CCCN(C(=NC)NCCc2nnc3ccccn23)C1.I. The standard InChI is InChI=1S/C18H26N6O2.HI/c1-3-26-17(25)14-7-6-11-23(13-14)18(19-2)20-10-9-16-22-21-15-8-4-5-12-24(15)16;/h4-5,8,12,14H,3,6-7,9-11,13H2,1-2H3,(H,19,20);1H. The van der Waals surface area contributed by atoms with E-state index >= 15 is 0 Å². The van der Waals surface area contributed by atoms with Crippen molar-refractivity contribution in [2.24, 2.45) is 10.9 Å². The Hall–Kier alpha value is -1.91. The largest absolute Gasteiger partial charge is 0.466 e. The molecule has 0 spiro atoms. The Morgan fingerprint density at radius 2 is 2.26 bits per heavy atom. The maximum absolute atomic E-state index is 12.0. The molecule has 27 heavy (non-hydrogen) atoms. The van der Waals surface area contributed by atoms with Crippen LogP contribution in [-0.4, -0.2) is 64.7 Å². The van der Waals surface area contributed by atoms with Crippen LogP contribution in [0.15, 0.2) is 29.4 Å². The second-order valence-corrected chi connectivity index (χ2v) is 6.31. The maximum Gasteiger partial charge on any atom is 0.310 e. The van der Waals surface area contributed by atoms with E-state index in [0.717, 1.165) is 43.2 Å². The van der Waals surface area contributed by atoms with Gasteiger partial charge < -0.3 is 15.0 Å². The van der Waals surface area contributed by atoms with E-state index in [-0.39, 0.29) is 35.9 Å². The molecule has 0 radical (unpaired) electrons. The van der Waals surface area contributed by atoms with Crippen LogP contribution in [0.3, 0.4) is 0 Å². The van der Waals surface area contributed by atoms with Gasteiger partial charge in [0.25, 0.3) is 0 Å². The van der Waals surface area contributed by atoms with Gasteiger partial charge in [0, 0.05) is 39.3 Å². The summed E-state index contributed by atoms with van der Waals surface area (Å²) >= 11 is 0. The number of piperidine rings is 1. The van der Waals surface area contributed by atoms with E-state index in [1.807, 2.05) is 35.7 Å². The van der Waals surface area contributed by atoms with Crippen LogP contribution in [0.25, 0.3) is 5.65 Å². The quantitative estimate of drug-likeness (QED) is 0.300. The number of rotatable bonds is 5. The Balaban J connectivity index is 0.00000261. The third-order valence-corrected chi connectivity index (χ3v) is 4.57. The van der Waals surface area contributed by atoms with Gasteiger partial charge in [0.05, 0.1) is 12.5 Å². The Bertz CT molecular complexity index is 778. The molecule has 148 valence electrons. The van der Waals surface area contributed by atoms with Crippen molar-refractivity contribution < 1.29 is 9.53 Å². The molecule has 9 heteroatoms. The van der Waals surface area contributed by atoms with Gasteiger partial charge in [-0.3, -0.25) is 14.2 Å². The van der Waals surface area contributed by atoms with Gasteiger partial charge in [-0.1, -0.05) is 6.07 Å². The number of nitrogens with one attached hydrogen (secondary N) is 1. The van der Waals surface area contributed by atoms with E-state index in [9.17, 15) is 4.79 Å². The van der Waals surface area contributed by atoms with Gasteiger partial charge in [0.1, 0.15) is 5.82 Å². The van der Waals surface area contributed by atoms with E-state index in [1.54, 1.807) is 7.05 Å². The summed E-state index contributed by atoms with van der Waals surface area (Å²) in [6, 6.07) is 5.85. The van der Waals surface area contributed by atoms with Gasteiger partial charge in [-0.2, -0.15) is 0 Å². The third kappa shape index (κ3) is 5.30. The summed E-state index contributed by atoms with van der Waals surface area (Å²) in [5.74, 6) is 1.53. The van der Waals surface area contributed by atoms with Gasteiger partial charge in [0.2, 0.25) is 0 Å². The van der Waals surface area contributed by atoms with Crippen molar-refractivity contribution in [3.8, 4) is 0 Å². The minimum atomic E-state index is -0.109. The lowest BCUT2D eigenvalue weighted by Gasteiger charge is -2.33. The Labute approximate surface area is 176 Å². The van der Waals surface area contributed by atoms with Gasteiger partial charge in [0.15, 0.2) is 11.6 Å². The Morgan fingerprint density at radius 3 is 3.04 bits per heavy atom. The van der Waals surface area contributed by atoms with Crippen molar-refractivity contribution >= 4 is 41.6 Å². The molecule has 0 saturated carbocycles. The van der Waals surface area contributed by atoms with Crippen molar-refractivity contribution in [2.75, 3.05) is 33.3 Å². The highest BCUT2D eigenvalue weighted by atomic mass is 127. The first kappa shape index (κ1) is 21.4. The highest BCUT2D eigenvalue weighted by molar-refractivity contribution is 14.0. The normalized spacial score (nSPS) is 17.5. The van der Waals surface area contributed by atoms with E-state index in [0.29, 0.717) is 19.7 Å². The summed E-state index contributed by atoms with van der Waals surface area (Å²) < 4.78 is 7.16. The number of halogens is 1. The van der Waals surface area contributed by atoms with Gasteiger partial charge in [-0.05, 0) is 31.9 Å². The molecule has 8 nitrogen and oxygen atoms in total. The van der Waals surface area contributed by atoms with Crippen molar-refractivity contribution in [3.05, 3.63) is 30.2 Å². The molecular formula is C18H27IN6O2. The number of guanidine groups is 1.